The lowest BCUT2D eigenvalue weighted by molar-refractivity contribution is -0.126. The van der Waals surface area contributed by atoms with E-state index in [-0.39, 0.29) is 11.5 Å². The number of aliphatic imine (C=N–C) groups is 1. The number of carbonyl (C=O) groups is 1. The van der Waals surface area contributed by atoms with Crippen LogP contribution < -0.4 is 4.74 Å². The van der Waals surface area contributed by atoms with Crippen molar-refractivity contribution in [2.75, 3.05) is 7.05 Å². The second-order valence-corrected chi connectivity index (χ2v) is 8.68. The number of benzene rings is 1. The zero-order chi connectivity index (χ0) is 19.0. The van der Waals surface area contributed by atoms with Crippen LogP contribution in [0.15, 0.2) is 34.5 Å². The van der Waals surface area contributed by atoms with E-state index < -0.39 is 0 Å². The Labute approximate surface area is 162 Å². The van der Waals surface area contributed by atoms with Crippen molar-refractivity contribution in [3.8, 4) is 5.75 Å². The van der Waals surface area contributed by atoms with E-state index in [0.717, 1.165) is 42.8 Å². The van der Waals surface area contributed by atoms with Gasteiger partial charge >= 0.3 is 0 Å². The van der Waals surface area contributed by atoms with Gasteiger partial charge in [-0.2, -0.15) is 0 Å². The standard InChI is InChI=1S/C23H30N2O2/c1-23(2)15-18-9-6-8-17(22(18)27-23)12-14-21(26)25(3)20-13-11-16-7-4-5-10-19(16)24-20/h6,8-9H,4-5,7,10-15H2,1-3H3. The molecule has 0 saturated carbocycles. The normalized spacial score (nSPS) is 20.5. The van der Waals surface area contributed by atoms with Gasteiger partial charge in [0.15, 0.2) is 0 Å². The van der Waals surface area contributed by atoms with Crippen molar-refractivity contribution in [1.29, 1.82) is 0 Å². The lowest BCUT2D eigenvalue weighted by atomic mass is 9.91. The SMILES string of the molecule is CN(C(=O)CCc1cccc2c1OC(C)(C)C2)C1=NC2=C(CCCC2)CC1. The summed E-state index contributed by atoms with van der Waals surface area (Å²) in [6, 6.07) is 6.30. The molecule has 0 spiro atoms. The molecule has 144 valence electrons. The average Bonchev–Trinajstić information content (AvgIpc) is 2.99. The third-order valence-electron chi connectivity index (χ3n) is 6.01. The van der Waals surface area contributed by atoms with Gasteiger partial charge in [0.2, 0.25) is 5.91 Å². The highest BCUT2D eigenvalue weighted by Gasteiger charge is 2.31. The first kappa shape index (κ1) is 18.3. The molecule has 3 aliphatic rings. The summed E-state index contributed by atoms with van der Waals surface area (Å²) in [6.07, 6.45) is 8.87. The molecular weight excluding hydrogens is 336 g/mol. The van der Waals surface area contributed by atoms with Crippen molar-refractivity contribution >= 4 is 11.7 Å². The number of ether oxygens (including phenoxy) is 1. The highest BCUT2D eigenvalue weighted by atomic mass is 16.5. The fourth-order valence-electron chi connectivity index (χ4n) is 4.50. The molecule has 0 N–H and O–H groups in total. The van der Waals surface area contributed by atoms with Gasteiger partial charge in [-0.15, -0.1) is 0 Å². The summed E-state index contributed by atoms with van der Waals surface area (Å²) in [5.74, 6) is 2.07. The number of amidine groups is 1. The lowest BCUT2D eigenvalue weighted by Crippen LogP contribution is -2.34. The summed E-state index contributed by atoms with van der Waals surface area (Å²) >= 11 is 0. The Bertz CT molecular complexity index is 820. The number of nitrogens with zero attached hydrogens (tertiary/aromatic N) is 2. The minimum Gasteiger partial charge on any atom is -0.487 e. The van der Waals surface area contributed by atoms with Gasteiger partial charge in [0.05, 0.1) is 0 Å². The van der Waals surface area contributed by atoms with Crippen molar-refractivity contribution < 1.29 is 9.53 Å². The van der Waals surface area contributed by atoms with E-state index in [1.54, 1.807) is 4.90 Å². The molecule has 2 heterocycles. The predicted octanol–water partition coefficient (Wildman–Crippen LogP) is 4.81. The van der Waals surface area contributed by atoms with Crippen LogP contribution >= 0.6 is 0 Å². The number of fused-ring (bicyclic) bond motifs is 1. The fourth-order valence-corrected chi connectivity index (χ4v) is 4.50. The van der Waals surface area contributed by atoms with Crippen LogP contribution in [0.5, 0.6) is 5.75 Å². The maximum absolute atomic E-state index is 12.8. The van der Waals surface area contributed by atoms with E-state index in [0.29, 0.717) is 12.8 Å². The largest absolute Gasteiger partial charge is 0.487 e. The van der Waals surface area contributed by atoms with Crippen LogP contribution in [-0.4, -0.2) is 29.3 Å². The van der Waals surface area contributed by atoms with Gasteiger partial charge in [0, 0.05) is 32.0 Å². The first-order valence-corrected chi connectivity index (χ1v) is 10.3. The second kappa shape index (κ2) is 7.14. The quantitative estimate of drug-likeness (QED) is 0.770. The first-order valence-electron chi connectivity index (χ1n) is 10.3. The second-order valence-electron chi connectivity index (χ2n) is 8.68. The van der Waals surface area contributed by atoms with Gasteiger partial charge in [0.1, 0.15) is 17.2 Å². The molecule has 4 heteroatoms. The molecule has 1 aromatic rings. The average molecular weight is 367 g/mol. The number of carbonyl (C=O) groups excluding carboxylic acids is 1. The van der Waals surface area contributed by atoms with Gasteiger partial charge in [0.25, 0.3) is 0 Å². The van der Waals surface area contributed by atoms with E-state index in [2.05, 4.69) is 32.0 Å². The molecule has 4 nitrogen and oxygen atoms in total. The Kier molecular flexibility index (Phi) is 4.83. The fraction of sp³-hybridized carbons (Fsp3) is 0.565. The van der Waals surface area contributed by atoms with Gasteiger partial charge < -0.3 is 9.64 Å². The zero-order valence-corrected chi connectivity index (χ0v) is 16.8. The topological polar surface area (TPSA) is 41.9 Å². The Balaban J connectivity index is 1.42. The van der Waals surface area contributed by atoms with Crippen LogP contribution in [0.3, 0.4) is 0 Å². The van der Waals surface area contributed by atoms with E-state index in [1.807, 2.05) is 7.05 Å². The highest BCUT2D eigenvalue weighted by molar-refractivity contribution is 5.99. The molecule has 27 heavy (non-hydrogen) atoms. The van der Waals surface area contributed by atoms with Crippen LogP contribution in [-0.2, 0) is 17.6 Å². The van der Waals surface area contributed by atoms with Crippen molar-refractivity contribution in [3.63, 3.8) is 0 Å². The lowest BCUT2D eigenvalue weighted by Gasteiger charge is -2.27. The molecule has 1 aromatic carbocycles. The van der Waals surface area contributed by atoms with Gasteiger partial charge in [-0.05, 0) is 69.1 Å². The maximum atomic E-state index is 12.8. The first-order chi connectivity index (χ1) is 12.9. The molecular formula is C23H30N2O2. The highest BCUT2D eigenvalue weighted by Crippen LogP contribution is 2.38. The van der Waals surface area contributed by atoms with Gasteiger partial charge in [-0.1, -0.05) is 18.2 Å². The number of hydrogen-bond donors (Lipinski definition) is 0. The number of rotatable bonds is 3. The minimum absolute atomic E-state index is 0.142. The van der Waals surface area contributed by atoms with E-state index in [1.165, 1.54) is 36.1 Å². The molecule has 0 bridgehead atoms. The molecule has 0 saturated heterocycles. The van der Waals surface area contributed by atoms with Gasteiger partial charge in [-0.3, -0.25) is 4.79 Å². The van der Waals surface area contributed by atoms with Crippen LogP contribution in [0, 0.1) is 0 Å². The summed E-state index contributed by atoms with van der Waals surface area (Å²) in [6.45, 7) is 4.23. The molecule has 0 fully saturated rings. The van der Waals surface area contributed by atoms with Crippen molar-refractivity contribution in [3.05, 3.63) is 40.6 Å². The maximum Gasteiger partial charge on any atom is 0.227 e. The van der Waals surface area contributed by atoms with Crippen molar-refractivity contribution in [2.45, 2.75) is 77.2 Å². The number of hydrogen-bond acceptors (Lipinski definition) is 3. The Morgan fingerprint density at radius 3 is 2.85 bits per heavy atom. The summed E-state index contributed by atoms with van der Waals surface area (Å²) in [5, 5.41) is 0. The van der Waals surface area contributed by atoms with Crippen LogP contribution in [0.1, 0.15) is 69.9 Å². The monoisotopic (exact) mass is 366 g/mol. The number of para-hydroxylation sites is 1. The summed E-state index contributed by atoms with van der Waals surface area (Å²) in [5.41, 5.74) is 5.01. The van der Waals surface area contributed by atoms with Crippen molar-refractivity contribution in [2.24, 2.45) is 4.99 Å². The molecule has 0 radical (unpaired) electrons. The summed E-state index contributed by atoms with van der Waals surface area (Å²) in [7, 11) is 1.88. The number of amides is 1. The third-order valence-corrected chi connectivity index (χ3v) is 6.01. The Morgan fingerprint density at radius 2 is 2.00 bits per heavy atom. The van der Waals surface area contributed by atoms with Crippen LogP contribution in [0.25, 0.3) is 0 Å². The smallest absolute Gasteiger partial charge is 0.227 e. The zero-order valence-electron chi connectivity index (χ0n) is 16.8. The Hall–Kier alpha value is -2.10. The molecule has 0 unspecified atom stereocenters. The summed E-state index contributed by atoms with van der Waals surface area (Å²) < 4.78 is 6.14. The Morgan fingerprint density at radius 1 is 1.19 bits per heavy atom. The van der Waals surface area contributed by atoms with Gasteiger partial charge in [-0.25, -0.2) is 4.99 Å². The van der Waals surface area contributed by atoms with E-state index >= 15 is 0 Å². The molecule has 0 atom stereocenters. The molecule has 4 rings (SSSR count). The predicted molar refractivity (Wildman–Crippen MR) is 108 cm³/mol. The number of aryl methyl sites for hydroxylation is 1. The number of allylic oxidation sites excluding steroid dienone is 2. The molecule has 2 aliphatic heterocycles. The van der Waals surface area contributed by atoms with E-state index in [4.69, 9.17) is 9.73 Å². The van der Waals surface area contributed by atoms with Crippen molar-refractivity contribution in [1.82, 2.24) is 4.90 Å². The third kappa shape index (κ3) is 3.80. The molecule has 1 aliphatic carbocycles. The van der Waals surface area contributed by atoms with Crippen LogP contribution in [0.2, 0.25) is 0 Å². The van der Waals surface area contributed by atoms with E-state index in [9.17, 15) is 4.79 Å². The minimum atomic E-state index is -0.151. The van der Waals surface area contributed by atoms with Crippen LogP contribution in [0.4, 0.5) is 0 Å². The summed E-state index contributed by atoms with van der Waals surface area (Å²) in [4.78, 5) is 19.4. The molecule has 1 amide bonds. The molecule has 0 aromatic heterocycles.